The minimum atomic E-state index is -2.63. The van der Waals surface area contributed by atoms with Crippen molar-refractivity contribution in [3.05, 3.63) is 0 Å². The highest BCUT2D eigenvalue weighted by Gasteiger charge is 2.54. The van der Waals surface area contributed by atoms with E-state index >= 15 is 0 Å². The zero-order valence-electron chi connectivity index (χ0n) is 12.1. The van der Waals surface area contributed by atoms with E-state index in [1.54, 1.807) is 6.92 Å². The number of rotatable bonds is 10. The molecule has 0 aliphatic rings. The second-order valence-electron chi connectivity index (χ2n) is 4.25. The Morgan fingerprint density at radius 3 is 1.86 bits per heavy atom. The van der Waals surface area contributed by atoms with Gasteiger partial charge in [-0.15, -0.1) is 0 Å². The molecular formula is C13H20O8. The van der Waals surface area contributed by atoms with E-state index in [9.17, 15) is 19.2 Å². The summed E-state index contributed by atoms with van der Waals surface area (Å²) < 4.78 is 9.25. The highest BCUT2D eigenvalue weighted by Crippen LogP contribution is 2.28. The molecule has 0 saturated heterocycles. The summed E-state index contributed by atoms with van der Waals surface area (Å²) in [6.07, 6.45) is -0.126. The van der Waals surface area contributed by atoms with E-state index in [1.165, 1.54) is 6.92 Å². The van der Waals surface area contributed by atoms with Crippen molar-refractivity contribution in [3.63, 3.8) is 0 Å². The van der Waals surface area contributed by atoms with Gasteiger partial charge in [-0.25, -0.2) is 0 Å². The van der Waals surface area contributed by atoms with Gasteiger partial charge in [0.25, 0.3) is 5.41 Å². The second-order valence-corrected chi connectivity index (χ2v) is 4.25. The summed E-state index contributed by atoms with van der Waals surface area (Å²) in [5, 5.41) is 18.2. The lowest BCUT2D eigenvalue weighted by Crippen LogP contribution is -2.47. The molecule has 0 aliphatic carbocycles. The first-order valence-corrected chi connectivity index (χ1v) is 6.62. The van der Waals surface area contributed by atoms with Crippen LogP contribution in [0.2, 0.25) is 0 Å². The van der Waals surface area contributed by atoms with E-state index in [-0.39, 0.29) is 32.5 Å². The largest absolute Gasteiger partial charge is 0.480 e. The van der Waals surface area contributed by atoms with Gasteiger partial charge in [-0.3, -0.25) is 19.2 Å². The Morgan fingerprint density at radius 2 is 1.43 bits per heavy atom. The van der Waals surface area contributed by atoms with Crippen LogP contribution in [0.15, 0.2) is 0 Å². The molecule has 0 unspecified atom stereocenters. The van der Waals surface area contributed by atoms with Crippen LogP contribution in [0.25, 0.3) is 0 Å². The van der Waals surface area contributed by atoms with Gasteiger partial charge in [0.05, 0.1) is 13.2 Å². The predicted octanol–water partition coefficient (Wildman–Crippen LogP) is 0.829. The predicted molar refractivity (Wildman–Crippen MR) is 69.4 cm³/mol. The lowest BCUT2D eigenvalue weighted by atomic mass is 9.82. The van der Waals surface area contributed by atoms with E-state index in [4.69, 9.17) is 14.9 Å². The third-order valence-corrected chi connectivity index (χ3v) is 2.84. The Bertz CT molecular complexity index is 387. The van der Waals surface area contributed by atoms with Crippen molar-refractivity contribution in [3.8, 4) is 0 Å². The van der Waals surface area contributed by atoms with Gasteiger partial charge in [0.2, 0.25) is 0 Å². The number of aliphatic carboxylic acids is 2. The molecule has 0 aliphatic heterocycles. The van der Waals surface area contributed by atoms with E-state index in [0.29, 0.717) is 0 Å². The highest BCUT2D eigenvalue weighted by atomic mass is 16.5. The van der Waals surface area contributed by atoms with E-state index in [0.717, 1.165) is 0 Å². The smallest absolute Gasteiger partial charge is 0.335 e. The summed E-state index contributed by atoms with van der Waals surface area (Å²) in [5.74, 6) is -5.31. The number of carbonyl (C=O) groups excluding carboxylic acids is 2. The zero-order chi connectivity index (χ0) is 16.5. The molecule has 120 valence electrons. The topological polar surface area (TPSA) is 127 Å². The molecule has 0 rings (SSSR count). The molecule has 0 radical (unpaired) electrons. The number of hydrogen-bond donors (Lipinski definition) is 2. The Balaban J connectivity index is 4.77. The first kappa shape index (κ1) is 18.9. The Hall–Kier alpha value is -2.12. The molecule has 0 atom stereocenters. The lowest BCUT2D eigenvalue weighted by Gasteiger charge is -2.22. The van der Waals surface area contributed by atoms with E-state index in [2.05, 4.69) is 4.74 Å². The van der Waals surface area contributed by atoms with Crippen LogP contribution < -0.4 is 0 Å². The van der Waals surface area contributed by atoms with Gasteiger partial charge in [-0.05, 0) is 26.7 Å². The van der Waals surface area contributed by atoms with Crippen LogP contribution in [-0.4, -0.2) is 47.3 Å². The molecule has 0 aromatic rings. The van der Waals surface area contributed by atoms with Crippen LogP contribution in [-0.2, 0) is 28.7 Å². The first-order valence-electron chi connectivity index (χ1n) is 6.62. The number of hydrogen-bond acceptors (Lipinski definition) is 6. The standard InChI is InChI=1S/C13H20O8/c1-3-20-9(14)7-5-6-8-13(10(15)16,11(17)18)12(19)21-4-2/h3-8H2,1-2H3,(H,15,16)(H,17,18). The summed E-state index contributed by atoms with van der Waals surface area (Å²) in [7, 11) is 0. The summed E-state index contributed by atoms with van der Waals surface area (Å²) in [5.41, 5.74) is -2.63. The third-order valence-electron chi connectivity index (χ3n) is 2.84. The van der Waals surface area contributed by atoms with Gasteiger partial charge in [-0.1, -0.05) is 6.42 Å². The van der Waals surface area contributed by atoms with Crippen LogP contribution >= 0.6 is 0 Å². The van der Waals surface area contributed by atoms with Crippen molar-refractivity contribution in [2.75, 3.05) is 13.2 Å². The van der Waals surface area contributed by atoms with Crippen molar-refractivity contribution in [2.45, 2.75) is 39.5 Å². The van der Waals surface area contributed by atoms with Crippen molar-refractivity contribution in [1.29, 1.82) is 0 Å². The lowest BCUT2D eigenvalue weighted by molar-refractivity contribution is -0.179. The molecule has 8 nitrogen and oxygen atoms in total. The summed E-state index contributed by atoms with van der Waals surface area (Å²) in [4.78, 5) is 45.3. The molecule has 2 N–H and O–H groups in total. The van der Waals surface area contributed by atoms with Crippen molar-refractivity contribution in [1.82, 2.24) is 0 Å². The summed E-state index contributed by atoms with van der Waals surface area (Å²) in [6, 6.07) is 0. The maximum Gasteiger partial charge on any atom is 0.335 e. The normalized spacial score (nSPS) is 10.8. The Kier molecular flexibility index (Phi) is 8.03. The van der Waals surface area contributed by atoms with Gasteiger partial charge >= 0.3 is 23.9 Å². The molecule has 0 spiro atoms. The fourth-order valence-corrected chi connectivity index (χ4v) is 1.73. The molecule has 0 aromatic carbocycles. The van der Waals surface area contributed by atoms with Gasteiger partial charge < -0.3 is 19.7 Å². The minimum Gasteiger partial charge on any atom is -0.480 e. The van der Waals surface area contributed by atoms with Gasteiger partial charge in [0.1, 0.15) is 0 Å². The first-order chi connectivity index (χ1) is 9.82. The molecule has 0 saturated carbocycles. The number of carboxylic acid groups (broad SMARTS) is 2. The fourth-order valence-electron chi connectivity index (χ4n) is 1.73. The highest BCUT2D eigenvalue weighted by molar-refractivity contribution is 6.16. The average molecular weight is 304 g/mol. The maximum absolute atomic E-state index is 11.7. The average Bonchev–Trinajstić information content (AvgIpc) is 2.38. The maximum atomic E-state index is 11.7. The quantitative estimate of drug-likeness (QED) is 0.345. The van der Waals surface area contributed by atoms with Crippen LogP contribution in [0.1, 0.15) is 39.5 Å². The van der Waals surface area contributed by atoms with Crippen molar-refractivity contribution >= 4 is 23.9 Å². The fraction of sp³-hybridized carbons (Fsp3) is 0.692. The molecular weight excluding hydrogens is 284 g/mol. The monoisotopic (exact) mass is 304 g/mol. The van der Waals surface area contributed by atoms with Crippen LogP contribution in [0.3, 0.4) is 0 Å². The molecule has 0 aromatic heterocycles. The van der Waals surface area contributed by atoms with E-state index in [1.807, 2.05) is 0 Å². The Labute approximate surface area is 122 Å². The number of unbranched alkanes of at least 4 members (excludes halogenated alkanes) is 1. The second kappa shape index (κ2) is 8.93. The third kappa shape index (κ3) is 5.05. The molecule has 8 heteroatoms. The molecule has 0 bridgehead atoms. The Morgan fingerprint density at radius 1 is 0.905 bits per heavy atom. The molecule has 0 heterocycles. The SMILES string of the molecule is CCOC(=O)CCCCC(C(=O)O)(C(=O)O)C(=O)OCC. The van der Waals surface area contributed by atoms with Gasteiger partial charge in [0.15, 0.2) is 0 Å². The molecule has 0 fully saturated rings. The van der Waals surface area contributed by atoms with Crippen molar-refractivity contribution < 1.29 is 38.9 Å². The van der Waals surface area contributed by atoms with Gasteiger partial charge in [-0.2, -0.15) is 0 Å². The molecule has 21 heavy (non-hydrogen) atoms. The van der Waals surface area contributed by atoms with Crippen LogP contribution in [0.5, 0.6) is 0 Å². The number of carbonyl (C=O) groups is 4. The van der Waals surface area contributed by atoms with Gasteiger partial charge in [0, 0.05) is 6.42 Å². The number of carboxylic acids is 2. The zero-order valence-corrected chi connectivity index (χ0v) is 12.1. The van der Waals surface area contributed by atoms with Crippen LogP contribution in [0, 0.1) is 5.41 Å². The number of esters is 2. The van der Waals surface area contributed by atoms with Crippen LogP contribution in [0.4, 0.5) is 0 Å². The van der Waals surface area contributed by atoms with Crippen molar-refractivity contribution in [2.24, 2.45) is 5.41 Å². The van der Waals surface area contributed by atoms with E-state index < -0.39 is 35.7 Å². The summed E-state index contributed by atoms with van der Waals surface area (Å²) in [6.45, 7) is 3.21. The molecule has 0 amide bonds. The summed E-state index contributed by atoms with van der Waals surface area (Å²) >= 11 is 0. The number of ether oxygens (including phenoxy) is 2. The minimum absolute atomic E-state index is 0.0337.